The van der Waals surface area contributed by atoms with Gasteiger partial charge in [-0.2, -0.15) is 5.10 Å². The number of benzene rings is 2. The molecule has 2 amide bonds. The predicted octanol–water partition coefficient (Wildman–Crippen LogP) is 3.17. The number of aromatic nitrogens is 2. The summed E-state index contributed by atoms with van der Waals surface area (Å²) in [6, 6.07) is 16.3. The largest absolute Gasteiger partial charge is 0.455 e. The second kappa shape index (κ2) is 9.71. The van der Waals surface area contributed by atoms with Crippen molar-refractivity contribution in [2.45, 2.75) is 27.2 Å². The van der Waals surface area contributed by atoms with Gasteiger partial charge in [-0.05, 0) is 50.2 Å². The van der Waals surface area contributed by atoms with Crippen molar-refractivity contribution in [1.29, 1.82) is 0 Å². The Hall–Kier alpha value is -3.94. The van der Waals surface area contributed by atoms with Crippen LogP contribution in [0.3, 0.4) is 0 Å². The van der Waals surface area contributed by atoms with Gasteiger partial charge in [-0.15, -0.1) is 0 Å². The molecule has 1 aromatic heterocycles. The van der Waals surface area contributed by atoms with Gasteiger partial charge < -0.3 is 15.4 Å². The van der Waals surface area contributed by atoms with E-state index in [0.717, 1.165) is 22.6 Å². The Kier molecular flexibility index (Phi) is 6.81. The molecule has 0 aliphatic carbocycles. The minimum Gasteiger partial charge on any atom is -0.455 e. The van der Waals surface area contributed by atoms with Crippen LogP contribution in [0, 0.1) is 13.8 Å². The van der Waals surface area contributed by atoms with Crippen molar-refractivity contribution < 1.29 is 19.1 Å². The number of carbonyl (C=O) groups is 3. The summed E-state index contributed by atoms with van der Waals surface area (Å²) < 4.78 is 6.92. The van der Waals surface area contributed by atoms with E-state index in [2.05, 4.69) is 15.7 Å². The lowest BCUT2D eigenvalue weighted by molar-refractivity contribution is -0.146. The summed E-state index contributed by atoms with van der Waals surface area (Å²) >= 11 is 0. The Bertz CT molecular complexity index is 1090. The molecule has 3 rings (SSSR count). The van der Waals surface area contributed by atoms with E-state index in [9.17, 15) is 14.4 Å². The molecule has 2 N–H and O–H groups in total. The lowest BCUT2D eigenvalue weighted by Gasteiger charge is -2.08. The monoisotopic (exact) mass is 420 g/mol. The molecule has 0 unspecified atom stereocenters. The highest BCUT2D eigenvalue weighted by molar-refractivity contribution is 5.93. The normalized spacial score (nSPS) is 10.4. The van der Waals surface area contributed by atoms with E-state index in [-0.39, 0.29) is 12.3 Å². The Morgan fingerprint density at radius 3 is 2.16 bits per heavy atom. The van der Waals surface area contributed by atoms with E-state index in [1.165, 1.54) is 6.92 Å². The molecular weight excluding hydrogens is 396 g/mol. The van der Waals surface area contributed by atoms with Crippen molar-refractivity contribution in [2.24, 2.45) is 0 Å². The lowest BCUT2D eigenvalue weighted by Crippen LogP contribution is -2.21. The number of carbonyl (C=O) groups excluding carboxylic acids is 3. The van der Waals surface area contributed by atoms with E-state index >= 15 is 0 Å². The van der Waals surface area contributed by atoms with E-state index < -0.39 is 18.5 Å². The third-order valence-corrected chi connectivity index (χ3v) is 4.62. The number of ether oxygens (including phenoxy) is 1. The number of hydrogen-bond acceptors (Lipinski definition) is 5. The van der Waals surface area contributed by atoms with Gasteiger partial charge >= 0.3 is 5.97 Å². The van der Waals surface area contributed by atoms with Crippen LogP contribution < -0.4 is 10.6 Å². The highest BCUT2D eigenvalue weighted by atomic mass is 16.5. The number of anilines is 2. The van der Waals surface area contributed by atoms with E-state index in [0.29, 0.717) is 11.4 Å². The fourth-order valence-electron chi connectivity index (χ4n) is 3.13. The van der Waals surface area contributed by atoms with Crippen LogP contribution >= 0.6 is 0 Å². The number of para-hydroxylation sites is 1. The second-order valence-electron chi connectivity index (χ2n) is 7.04. The van der Waals surface area contributed by atoms with E-state index in [1.54, 1.807) is 28.9 Å². The molecule has 0 saturated carbocycles. The van der Waals surface area contributed by atoms with Crippen LogP contribution in [0.4, 0.5) is 11.4 Å². The van der Waals surface area contributed by atoms with E-state index in [1.807, 2.05) is 44.2 Å². The maximum atomic E-state index is 12.3. The molecule has 0 atom stereocenters. The molecule has 0 fully saturated rings. The number of nitrogens with one attached hydrogen (secondary N) is 2. The maximum Gasteiger partial charge on any atom is 0.310 e. The fraction of sp³-hybridized carbons (Fsp3) is 0.217. The number of rotatable bonds is 7. The summed E-state index contributed by atoms with van der Waals surface area (Å²) in [5, 5.41) is 9.80. The fourth-order valence-corrected chi connectivity index (χ4v) is 3.13. The SMILES string of the molecule is CC(=O)Nc1ccc(NC(=O)COC(=O)Cc2c(C)nn(-c3ccccc3)c2C)cc1. The highest BCUT2D eigenvalue weighted by Crippen LogP contribution is 2.19. The van der Waals surface area contributed by atoms with Gasteiger partial charge in [-0.1, -0.05) is 18.2 Å². The second-order valence-corrected chi connectivity index (χ2v) is 7.04. The van der Waals surface area contributed by atoms with Crippen LogP contribution in [0.2, 0.25) is 0 Å². The Morgan fingerprint density at radius 1 is 0.935 bits per heavy atom. The average molecular weight is 420 g/mol. The van der Waals surface area contributed by atoms with Crippen LogP contribution in [-0.2, 0) is 25.5 Å². The summed E-state index contributed by atoms with van der Waals surface area (Å²) in [5.41, 5.74) is 4.44. The lowest BCUT2D eigenvalue weighted by atomic mass is 10.1. The number of nitrogens with zero attached hydrogens (tertiary/aromatic N) is 2. The molecule has 2 aromatic carbocycles. The van der Waals surface area contributed by atoms with Crippen molar-refractivity contribution in [1.82, 2.24) is 9.78 Å². The molecular formula is C23H24N4O4. The van der Waals surface area contributed by atoms with Crippen LogP contribution in [0.5, 0.6) is 0 Å². The van der Waals surface area contributed by atoms with Gasteiger partial charge in [-0.3, -0.25) is 14.4 Å². The number of hydrogen-bond donors (Lipinski definition) is 2. The average Bonchev–Trinajstić information content (AvgIpc) is 3.02. The van der Waals surface area contributed by atoms with Crippen molar-refractivity contribution in [3.05, 3.63) is 71.5 Å². The summed E-state index contributed by atoms with van der Waals surface area (Å²) in [6.07, 6.45) is 0.0309. The quantitative estimate of drug-likeness (QED) is 0.572. The van der Waals surface area contributed by atoms with Crippen LogP contribution in [0.1, 0.15) is 23.9 Å². The molecule has 0 radical (unpaired) electrons. The van der Waals surface area contributed by atoms with Crippen LogP contribution in [0.15, 0.2) is 54.6 Å². The molecule has 0 aliphatic rings. The van der Waals surface area contributed by atoms with Gasteiger partial charge in [0.05, 0.1) is 17.8 Å². The third kappa shape index (κ3) is 5.79. The highest BCUT2D eigenvalue weighted by Gasteiger charge is 2.17. The topological polar surface area (TPSA) is 102 Å². The van der Waals surface area contributed by atoms with Crippen LogP contribution in [0.25, 0.3) is 5.69 Å². The Morgan fingerprint density at radius 2 is 1.55 bits per heavy atom. The molecule has 160 valence electrons. The van der Waals surface area contributed by atoms with Gasteiger partial charge in [0, 0.05) is 29.6 Å². The Balaban J connectivity index is 1.54. The zero-order chi connectivity index (χ0) is 22.4. The number of esters is 1. The van der Waals surface area contributed by atoms with Crippen LogP contribution in [-0.4, -0.2) is 34.2 Å². The molecule has 31 heavy (non-hydrogen) atoms. The van der Waals surface area contributed by atoms with Crippen molar-refractivity contribution in [3.8, 4) is 5.69 Å². The van der Waals surface area contributed by atoms with Gasteiger partial charge in [0.25, 0.3) is 5.91 Å². The van der Waals surface area contributed by atoms with Gasteiger partial charge in [-0.25, -0.2) is 4.68 Å². The van der Waals surface area contributed by atoms with Gasteiger partial charge in [0.1, 0.15) is 0 Å². The first-order valence-corrected chi connectivity index (χ1v) is 9.77. The van der Waals surface area contributed by atoms with Gasteiger partial charge in [0.15, 0.2) is 6.61 Å². The third-order valence-electron chi connectivity index (χ3n) is 4.62. The van der Waals surface area contributed by atoms with E-state index in [4.69, 9.17) is 4.74 Å². The molecule has 0 saturated heterocycles. The molecule has 8 heteroatoms. The first kappa shape index (κ1) is 21.8. The molecule has 8 nitrogen and oxygen atoms in total. The summed E-state index contributed by atoms with van der Waals surface area (Å²) in [5.74, 6) is -1.13. The molecule has 3 aromatic rings. The molecule has 0 aliphatic heterocycles. The minimum absolute atomic E-state index is 0.0309. The summed E-state index contributed by atoms with van der Waals surface area (Å²) in [4.78, 5) is 35.4. The predicted molar refractivity (Wildman–Crippen MR) is 117 cm³/mol. The van der Waals surface area contributed by atoms with Gasteiger partial charge in [0.2, 0.25) is 5.91 Å². The zero-order valence-electron chi connectivity index (χ0n) is 17.6. The van der Waals surface area contributed by atoms with Crippen molar-refractivity contribution in [3.63, 3.8) is 0 Å². The summed E-state index contributed by atoms with van der Waals surface area (Å²) in [6.45, 7) is 4.76. The molecule has 1 heterocycles. The number of aryl methyl sites for hydroxylation is 1. The molecule has 0 bridgehead atoms. The summed E-state index contributed by atoms with van der Waals surface area (Å²) in [7, 11) is 0. The molecule has 0 spiro atoms. The van der Waals surface area contributed by atoms with Crippen molar-refractivity contribution >= 4 is 29.2 Å². The zero-order valence-corrected chi connectivity index (χ0v) is 17.6. The number of amides is 2. The standard InChI is InChI=1S/C23H24N4O4/c1-15-21(16(2)27(26-15)20-7-5-4-6-8-20)13-23(30)31-14-22(29)25-19-11-9-18(10-12-19)24-17(3)28/h4-12H,13-14H2,1-3H3,(H,24,28)(H,25,29). The first-order valence-electron chi connectivity index (χ1n) is 9.77. The Labute approximate surface area is 180 Å². The maximum absolute atomic E-state index is 12.3. The first-order chi connectivity index (χ1) is 14.8. The minimum atomic E-state index is -0.505. The smallest absolute Gasteiger partial charge is 0.310 e. The van der Waals surface area contributed by atoms with Crippen molar-refractivity contribution in [2.75, 3.05) is 17.2 Å².